The summed E-state index contributed by atoms with van der Waals surface area (Å²) in [7, 11) is 0. The third-order valence-electron chi connectivity index (χ3n) is 4.03. The maximum atomic E-state index is 12.6. The highest BCUT2D eigenvalue weighted by atomic mass is 16.5. The first-order chi connectivity index (χ1) is 10.4. The molecule has 2 atom stereocenters. The van der Waals surface area contributed by atoms with E-state index in [1.807, 2.05) is 32.9 Å². The first-order valence-corrected chi connectivity index (χ1v) is 7.74. The van der Waals surface area contributed by atoms with E-state index in [1.54, 1.807) is 18.7 Å². The number of ether oxygens (including phenoxy) is 1. The fourth-order valence-electron chi connectivity index (χ4n) is 2.57. The number of hydrogen-bond donors (Lipinski definition) is 1. The van der Waals surface area contributed by atoms with Gasteiger partial charge in [0.05, 0.1) is 18.0 Å². The first-order valence-electron chi connectivity index (χ1n) is 7.74. The zero-order valence-electron chi connectivity index (χ0n) is 13.9. The number of hydrogen-bond acceptors (Lipinski definition) is 4. The van der Waals surface area contributed by atoms with Crippen molar-refractivity contribution in [2.45, 2.75) is 53.1 Å². The van der Waals surface area contributed by atoms with Crippen molar-refractivity contribution in [1.29, 1.82) is 0 Å². The molecule has 1 N–H and O–H groups in total. The van der Waals surface area contributed by atoms with Gasteiger partial charge in [0.15, 0.2) is 0 Å². The van der Waals surface area contributed by atoms with Gasteiger partial charge in [0.1, 0.15) is 12.1 Å². The highest BCUT2D eigenvalue weighted by molar-refractivity contribution is 6.08. The van der Waals surface area contributed by atoms with Crippen LogP contribution in [0.1, 0.15) is 38.3 Å². The van der Waals surface area contributed by atoms with Gasteiger partial charge in [-0.2, -0.15) is 0 Å². The molecule has 5 heteroatoms. The number of nitrogens with zero attached hydrogens (tertiary/aromatic N) is 1. The number of benzene rings is 1. The van der Waals surface area contributed by atoms with Gasteiger partial charge in [-0.25, -0.2) is 4.79 Å². The lowest BCUT2D eigenvalue weighted by Gasteiger charge is -2.37. The minimum absolute atomic E-state index is 0.114. The number of aryl methyl sites for hydroxylation is 2. The molecule has 0 aliphatic carbocycles. The van der Waals surface area contributed by atoms with E-state index in [9.17, 15) is 9.59 Å². The Bertz CT molecular complexity index is 598. The second kappa shape index (κ2) is 6.38. The van der Waals surface area contributed by atoms with Crippen molar-refractivity contribution in [3.63, 3.8) is 0 Å². The Morgan fingerprint density at radius 3 is 2.64 bits per heavy atom. The molecule has 0 saturated carbocycles. The molecule has 120 valence electrons. The molecule has 0 bridgehead atoms. The minimum atomic E-state index is -0.635. The summed E-state index contributed by atoms with van der Waals surface area (Å²) in [5.74, 6) is -0.481. The molecule has 0 radical (unpaired) electrons. The van der Waals surface area contributed by atoms with Crippen molar-refractivity contribution in [1.82, 2.24) is 0 Å². The van der Waals surface area contributed by atoms with Crippen LogP contribution >= 0.6 is 0 Å². The van der Waals surface area contributed by atoms with Crippen LogP contribution in [0.25, 0.3) is 0 Å². The van der Waals surface area contributed by atoms with E-state index in [0.717, 1.165) is 28.9 Å². The van der Waals surface area contributed by atoms with E-state index in [4.69, 9.17) is 4.74 Å². The summed E-state index contributed by atoms with van der Waals surface area (Å²) in [6.07, 6.45) is 0.763. The van der Waals surface area contributed by atoms with Crippen LogP contribution in [0.4, 0.5) is 11.4 Å². The molecule has 0 saturated heterocycles. The van der Waals surface area contributed by atoms with E-state index in [2.05, 4.69) is 5.32 Å². The van der Waals surface area contributed by atoms with Gasteiger partial charge in [0.2, 0.25) is 5.91 Å². The van der Waals surface area contributed by atoms with Crippen molar-refractivity contribution < 1.29 is 14.3 Å². The maximum Gasteiger partial charge on any atom is 0.328 e. The number of rotatable bonds is 4. The summed E-state index contributed by atoms with van der Waals surface area (Å²) in [6.45, 7) is 9.86. The lowest BCUT2D eigenvalue weighted by atomic mass is 10.0. The molecule has 0 aromatic heterocycles. The van der Waals surface area contributed by atoms with Crippen LogP contribution in [-0.4, -0.2) is 30.6 Å². The molecule has 1 aromatic carbocycles. The summed E-state index contributed by atoms with van der Waals surface area (Å²) in [5.41, 5.74) is 3.86. The molecule has 0 spiro atoms. The fraction of sp³-hybridized carbons (Fsp3) is 0.529. The Hall–Kier alpha value is -2.04. The topological polar surface area (TPSA) is 58.6 Å². The Morgan fingerprint density at radius 1 is 1.36 bits per heavy atom. The average molecular weight is 304 g/mol. The summed E-state index contributed by atoms with van der Waals surface area (Å²) >= 11 is 0. The minimum Gasteiger partial charge on any atom is -0.464 e. The van der Waals surface area contributed by atoms with Gasteiger partial charge in [-0.1, -0.05) is 6.92 Å². The molecule has 1 aliphatic rings. The normalized spacial score (nSPS) is 18.5. The van der Waals surface area contributed by atoms with E-state index >= 15 is 0 Å². The van der Waals surface area contributed by atoms with Crippen LogP contribution in [0.5, 0.6) is 0 Å². The van der Waals surface area contributed by atoms with Crippen LogP contribution in [0.2, 0.25) is 0 Å². The molecule has 0 fully saturated rings. The van der Waals surface area contributed by atoms with E-state index < -0.39 is 6.04 Å². The molecule has 1 aliphatic heterocycles. The number of esters is 1. The Balaban J connectivity index is 2.40. The number of fused-ring (bicyclic) bond motifs is 1. The second-order valence-corrected chi connectivity index (χ2v) is 5.87. The lowest BCUT2D eigenvalue weighted by Crippen LogP contribution is -2.52. The Morgan fingerprint density at radius 2 is 2.00 bits per heavy atom. The maximum absolute atomic E-state index is 12.6. The molecular formula is C17H24N2O3. The van der Waals surface area contributed by atoms with E-state index in [0.29, 0.717) is 6.61 Å². The standard InChI is InChI=1S/C17H24N2O3/c1-6-7-22-17(21)13(5)19-15-9-11(3)10(2)8-14(15)18-12(4)16(19)20/h8-9,12-13,18H,6-7H2,1-5H3. The molecule has 1 heterocycles. The Labute approximate surface area is 131 Å². The van der Waals surface area contributed by atoms with Crippen LogP contribution in [0.3, 0.4) is 0 Å². The number of carbonyl (C=O) groups is 2. The predicted octanol–water partition coefficient (Wildman–Crippen LogP) is 2.79. The first kappa shape index (κ1) is 16.3. The molecular weight excluding hydrogens is 280 g/mol. The van der Waals surface area contributed by atoms with Crippen LogP contribution in [-0.2, 0) is 14.3 Å². The van der Waals surface area contributed by atoms with Gasteiger partial charge in [-0.15, -0.1) is 0 Å². The summed E-state index contributed by atoms with van der Waals surface area (Å²) < 4.78 is 5.21. The highest BCUT2D eigenvalue weighted by Gasteiger charge is 2.36. The van der Waals surface area contributed by atoms with Gasteiger partial charge in [0.25, 0.3) is 0 Å². The largest absolute Gasteiger partial charge is 0.464 e. The van der Waals surface area contributed by atoms with E-state index in [-0.39, 0.29) is 17.9 Å². The van der Waals surface area contributed by atoms with Gasteiger partial charge in [-0.05, 0) is 57.4 Å². The van der Waals surface area contributed by atoms with Crippen molar-refractivity contribution in [2.24, 2.45) is 0 Å². The molecule has 1 amide bonds. The quantitative estimate of drug-likeness (QED) is 0.869. The zero-order chi connectivity index (χ0) is 16.4. The van der Waals surface area contributed by atoms with Crippen molar-refractivity contribution in [3.8, 4) is 0 Å². The zero-order valence-corrected chi connectivity index (χ0v) is 13.9. The van der Waals surface area contributed by atoms with Crippen LogP contribution in [0.15, 0.2) is 12.1 Å². The Kier molecular flexibility index (Phi) is 4.74. The highest BCUT2D eigenvalue weighted by Crippen LogP contribution is 2.35. The SMILES string of the molecule is CCCOC(=O)C(C)N1C(=O)C(C)Nc2cc(C)c(C)cc21. The van der Waals surface area contributed by atoms with Gasteiger partial charge in [0, 0.05) is 0 Å². The van der Waals surface area contributed by atoms with Crippen molar-refractivity contribution in [2.75, 3.05) is 16.8 Å². The monoisotopic (exact) mass is 304 g/mol. The molecule has 5 nitrogen and oxygen atoms in total. The van der Waals surface area contributed by atoms with Gasteiger partial charge in [-0.3, -0.25) is 9.69 Å². The summed E-state index contributed by atoms with van der Waals surface area (Å²) in [4.78, 5) is 26.3. The average Bonchev–Trinajstić information content (AvgIpc) is 2.48. The van der Waals surface area contributed by atoms with Crippen molar-refractivity contribution in [3.05, 3.63) is 23.3 Å². The second-order valence-electron chi connectivity index (χ2n) is 5.87. The molecule has 2 unspecified atom stereocenters. The number of anilines is 2. The van der Waals surface area contributed by atoms with Crippen LogP contribution in [0, 0.1) is 13.8 Å². The number of nitrogens with one attached hydrogen (secondary N) is 1. The predicted molar refractivity (Wildman–Crippen MR) is 87.2 cm³/mol. The van der Waals surface area contributed by atoms with E-state index in [1.165, 1.54) is 0 Å². The van der Waals surface area contributed by atoms with Gasteiger partial charge < -0.3 is 10.1 Å². The van der Waals surface area contributed by atoms with Crippen molar-refractivity contribution >= 4 is 23.3 Å². The smallest absolute Gasteiger partial charge is 0.328 e. The van der Waals surface area contributed by atoms with Gasteiger partial charge >= 0.3 is 5.97 Å². The molecule has 2 rings (SSSR count). The lowest BCUT2D eigenvalue weighted by molar-refractivity contribution is -0.146. The third kappa shape index (κ3) is 2.93. The molecule has 22 heavy (non-hydrogen) atoms. The number of carbonyl (C=O) groups excluding carboxylic acids is 2. The van der Waals surface area contributed by atoms with Crippen LogP contribution < -0.4 is 10.2 Å². The summed E-state index contributed by atoms with van der Waals surface area (Å²) in [5, 5.41) is 3.20. The summed E-state index contributed by atoms with van der Waals surface area (Å²) in [6, 6.07) is 2.97. The molecule has 1 aromatic rings. The fourth-order valence-corrected chi connectivity index (χ4v) is 2.57. The third-order valence-corrected chi connectivity index (χ3v) is 4.03. The number of amides is 1.